The number of nitrogens with one attached hydrogen (secondary N) is 1. The molecular formula is C24H28N2O2. The lowest BCUT2D eigenvalue weighted by Crippen LogP contribution is -2.49. The third-order valence-electron chi connectivity index (χ3n) is 6.19. The summed E-state index contributed by atoms with van der Waals surface area (Å²) in [5, 5.41) is 2.93. The number of piperidine rings is 1. The lowest BCUT2D eigenvalue weighted by molar-refractivity contribution is 0.0390. The molecule has 28 heavy (non-hydrogen) atoms. The largest absolute Gasteiger partial charge is 0.348 e. The van der Waals surface area contributed by atoms with E-state index in [9.17, 15) is 9.59 Å². The summed E-state index contributed by atoms with van der Waals surface area (Å²) in [5.74, 6) is 0.771. The minimum Gasteiger partial charge on any atom is -0.348 e. The number of nitrogens with zero attached hydrogens (tertiary/aromatic N) is 1. The molecule has 2 amide bonds. The molecule has 4 nitrogen and oxygen atoms in total. The van der Waals surface area contributed by atoms with E-state index in [2.05, 4.69) is 10.2 Å². The first-order chi connectivity index (χ1) is 13.7. The molecule has 0 spiro atoms. The summed E-state index contributed by atoms with van der Waals surface area (Å²) in [5.41, 5.74) is 2.40. The topological polar surface area (TPSA) is 49.4 Å². The van der Waals surface area contributed by atoms with Gasteiger partial charge in [-0.1, -0.05) is 43.2 Å². The van der Waals surface area contributed by atoms with Crippen molar-refractivity contribution >= 4 is 11.8 Å². The molecule has 4 rings (SSSR count). The number of hydrogen-bond donors (Lipinski definition) is 1. The van der Waals surface area contributed by atoms with Gasteiger partial charge in [-0.15, -0.1) is 0 Å². The van der Waals surface area contributed by atoms with Gasteiger partial charge in [-0.05, 0) is 61.4 Å². The number of amides is 2. The average Bonchev–Trinajstić information content (AvgIpc) is 2.77. The van der Waals surface area contributed by atoms with Crippen molar-refractivity contribution in [3.63, 3.8) is 0 Å². The van der Waals surface area contributed by atoms with Crippen LogP contribution in [0.4, 0.5) is 0 Å². The van der Waals surface area contributed by atoms with E-state index in [0.717, 1.165) is 30.5 Å². The van der Waals surface area contributed by atoms with Gasteiger partial charge in [-0.25, -0.2) is 0 Å². The minimum absolute atomic E-state index is 0.0857. The van der Waals surface area contributed by atoms with Crippen LogP contribution in [0.2, 0.25) is 0 Å². The van der Waals surface area contributed by atoms with Crippen LogP contribution in [0, 0.1) is 5.92 Å². The summed E-state index contributed by atoms with van der Waals surface area (Å²) in [6.45, 7) is 1.34. The molecule has 2 unspecified atom stereocenters. The second-order valence-corrected chi connectivity index (χ2v) is 8.00. The van der Waals surface area contributed by atoms with Crippen molar-refractivity contribution in [2.45, 2.75) is 51.1 Å². The van der Waals surface area contributed by atoms with E-state index >= 15 is 0 Å². The van der Waals surface area contributed by atoms with Crippen LogP contribution in [0.25, 0.3) is 0 Å². The first kappa shape index (κ1) is 18.7. The Balaban J connectivity index is 1.37. The quantitative estimate of drug-likeness (QED) is 0.859. The Kier molecular flexibility index (Phi) is 5.75. The highest BCUT2D eigenvalue weighted by atomic mass is 16.2. The maximum atomic E-state index is 13.1. The molecule has 2 aromatic carbocycles. The third kappa shape index (κ3) is 4.11. The first-order valence-corrected chi connectivity index (χ1v) is 10.5. The van der Waals surface area contributed by atoms with Crippen molar-refractivity contribution in [1.82, 2.24) is 10.2 Å². The number of hydrogen-bond acceptors (Lipinski definition) is 2. The van der Waals surface area contributed by atoms with Crippen LogP contribution in [0.15, 0.2) is 54.6 Å². The summed E-state index contributed by atoms with van der Waals surface area (Å²) >= 11 is 0. The maximum absolute atomic E-state index is 13.1. The summed E-state index contributed by atoms with van der Waals surface area (Å²) in [4.78, 5) is 27.4. The van der Waals surface area contributed by atoms with E-state index in [0.29, 0.717) is 24.1 Å². The molecule has 1 heterocycles. The monoisotopic (exact) mass is 376 g/mol. The molecule has 2 aromatic rings. The molecule has 146 valence electrons. The van der Waals surface area contributed by atoms with E-state index in [1.165, 1.54) is 25.7 Å². The zero-order valence-electron chi connectivity index (χ0n) is 16.3. The normalized spacial score (nSPS) is 21.6. The Labute approximate surface area is 166 Å². The summed E-state index contributed by atoms with van der Waals surface area (Å²) in [6.07, 6.45) is 7.37. The van der Waals surface area contributed by atoms with Gasteiger partial charge in [0, 0.05) is 30.3 Å². The van der Waals surface area contributed by atoms with Crippen LogP contribution < -0.4 is 5.32 Å². The van der Waals surface area contributed by atoms with E-state index in [4.69, 9.17) is 0 Å². The Morgan fingerprint density at radius 1 is 0.857 bits per heavy atom. The van der Waals surface area contributed by atoms with Gasteiger partial charge in [-0.3, -0.25) is 9.59 Å². The number of fused-ring (bicyclic) bond motifs is 1. The van der Waals surface area contributed by atoms with Gasteiger partial charge in [0.15, 0.2) is 0 Å². The average molecular weight is 376 g/mol. The first-order valence-electron chi connectivity index (χ1n) is 10.5. The van der Waals surface area contributed by atoms with Crippen LogP contribution in [0.5, 0.6) is 0 Å². The smallest absolute Gasteiger partial charge is 0.254 e. The van der Waals surface area contributed by atoms with E-state index in [-0.39, 0.29) is 11.8 Å². The van der Waals surface area contributed by atoms with Crippen molar-refractivity contribution in [3.8, 4) is 0 Å². The van der Waals surface area contributed by atoms with Crippen molar-refractivity contribution in [2.75, 3.05) is 6.54 Å². The standard InChI is InChI=1S/C24H28N2O2/c27-23(20-8-2-1-3-9-20)25-17-18-12-14-21(15-13-18)24(28)26-16-6-10-19-7-4-5-11-22(19)26/h1-3,8-9,12-15,19,22H,4-7,10-11,16-17H2,(H,25,27). The predicted molar refractivity (Wildman–Crippen MR) is 110 cm³/mol. The van der Waals surface area contributed by atoms with Crippen molar-refractivity contribution in [2.24, 2.45) is 5.92 Å². The second-order valence-electron chi connectivity index (χ2n) is 8.00. The third-order valence-corrected chi connectivity index (χ3v) is 6.19. The molecule has 2 aliphatic rings. The van der Waals surface area contributed by atoms with Crippen LogP contribution >= 0.6 is 0 Å². The fourth-order valence-corrected chi connectivity index (χ4v) is 4.68. The number of rotatable bonds is 4. The van der Waals surface area contributed by atoms with Crippen molar-refractivity contribution in [3.05, 3.63) is 71.3 Å². The van der Waals surface area contributed by atoms with E-state index < -0.39 is 0 Å². The molecule has 1 N–H and O–H groups in total. The molecule has 0 aromatic heterocycles. The van der Waals surface area contributed by atoms with Gasteiger partial charge < -0.3 is 10.2 Å². The van der Waals surface area contributed by atoms with Gasteiger partial charge >= 0.3 is 0 Å². The zero-order chi connectivity index (χ0) is 19.3. The summed E-state index contributed by atoms with van der Waals surface area (Å²) < 4.78 is 0. The van der Waals surface area contributed by atoms with Crippen molar-refractivity contribution in [1.29, 1.82) is 0 Å². The molecule has 0 radical (unpaired) electrons. The highest BCUT2D eigenvalue weighted by molar-refractivity contribution is 5.95. The molecule has 1 saturated carbocycles. The predicted octanol–water partition coefficient (Wildman–Crippen LogP) is 4.41. The zero-order valence-corrected chi connectivity index (χ0v) is 16.3. The van der Waals surface area contributed by atoms with Gasteiger partial charge in [-0.2, -0.15) is 0 Å². The highest BCUT2D eigenvalue weighted by Gasteiger charge is 2.35. The van der Waals surface area contributed by atoms with Gasteiger partial charge in [0.2, 0.25) is 0 Å². The van der Waals surface area contributed by atoms with Crippen LogP contribution in [-0.2, 0) is 6.54 Å². The molecule has 0 bridgehead atoms. The van der Waals surface area contributed by atoms with Gasteiger partial charge in [0.25, 0.3) is 11.8 Å². The number of likely N-dealkylation sites (tertiary alicyclic amines) is 1. The Morgan fingerprint density at radius 3 is 2.36 bits per heavy atom. The van der Waals surface area contributed by atoms with Crippen LogP contribution in [-0.4, -0.2) is 29.3 Å². The Bertz CT molecular complexity index is 814. The minimum atomic E-state index is -0.0857. The Morgan fingerprint density at radius 2 is 1.57 bits per heavy atom. The van der Waals surface area contributed by atoms with E-state index in [1.807, 2.05) is 42.5 Å². The molecule has 2 fully saturated rings. The highest BCUT2D eigenvalue weighted by Crippen LogP contribution is 2.35. The fourth-order valence-electron chi connectivity index (χ4n) is 4.68. The molecule has 1 aliphatic heterocycles. The summed E-state index contributed by atoms with van der Waals surface area (Å²) in [6, 6.07) is 17.3. The number of carbonyl (C=O) groups excluding carboxylic acids is 2. The van der Waals surface area contributed by atoms with Crippen LogP contribution in [0.1, 0.15) is 64.8 Å². The number of benzene rings is 2. The molecule has 1 aliphatic carbocycles. The summed E-state index contributed by atoms with van der Waals surface area (Å²) in [7, 11) is 0. The molecule has 2 atom stereocenters. The van der Waals surface area contributed by atoms with E-state index in [1.54, 1.807) is 12.1 Å². The fraction of sp³-hybridized carbons (Fsp3) is 0.417. The molecule has 1 saturated heterocycles. The van der Waals surface area contributed by atoms with Gasteiger partial charge in [0.1, 0.15) is 0 Å². The SMILES string of the molecule is O=C(NCc1ccc(C(=O)N2CCCC3CCCCC32)cc1)c1ccccc1. The molecular weight excluding hydrogens is 348 g/mol. The second kappa shape index (κ2) is 8.59. The molecule has 4 heteroatoms. The lowest BCUT2D eigenvalue weighted by atomic mass is 9.78. The number of carbonyl (C=O) groups is 2. The van der Waals surface area contributed by atoms with Gasteiger partial charge in [0.05, 0.1) is 0 Å². The maximum Gasteiger partial charge on any atom is 0.254 e. The Hall–Kier alpha value is -2.62. The van der Waals surface area contributed by atoms with Crippen molar-refractivity contribution < 1.29 is 9.59 Å². The lowest BCUT2D eigenvalue weighted by Gasteiger charge is -2.44. The van der Waals surface area contributed by atoms with Crippen LogP contribution in [0.3, 0.4) is 0 Å².